The van der Waals surface area contributed by atoms with E-state index >= 15 is 0 Å². The van der Waals surface area contributed by atoms with Crippen LogP contribution < -0.4 is 0 Å². The van der Waals surface area contributed by atoms with E-state index in [2.05, 4.69) is 15.3 Å². The van der Waals surface area contributed by atoms with Crippen LogP contribution in [0.25, 0.3) is 11.3 Å². The summed E-state index contributed by atoms with van der Waals surface area (Å²) in [6.07, 6.45) is 0. The van der Waals surface area contributed by atoms with Crippen molar-refractivity contribution >= 4 is 5.97 Å². The van der Waals surface area contributed by atoms with Crippen molar-refractivity contribution in [2.24, 2.45) is 0 Å². The molecule has 6 nitrogen and oxygen atoms in total. The van der Waals surface area contributed by atoms with Gasteiger partial charge in [0.1, 0.15) is 5.69 Å². The highest BCUT2D eigenvalue weighted by Crippen LogP contribution is 2.25. The van der Waals surface area contributed by atoms with Gasteiger partial charge in [-0.15, -0.1) is 0 Å². The molecule has 0 radical (unpaired) electrons. The first-order valence-electron chi connectivity index (χ1n) is 6.35. The number of hydrogen-bond acceptors (Lipinski definition) is 4. The summed E-state index contributed by atoms with van der Waals surface area (Å²) in [5, 5.41) is 11.3. The summed E-state index contributed by atoms with van der Waals surface area (Å²) in [5.74, 6) is -0.389. The molecule has 2 heterocycles. The van der Waals surface area contributed by atoms with E-state index in [-0.39, 0.29) is 5.97 Å². The zero-order valence-electron chi connectivity index (χ0n) is 11.6. The molecular formula is C13H18N4O2. The van der Waals surface area contributed by atoms with E-state index in [1.807, 2.05) is 25.5 Å². The number of carbonyl (C=O) groups excluding carboxylic acids is 1. The highest BCUT2D eigenvalue weighted by Gasteiger charge is 2.18. The number of carbonyl (C=O) groups is 1. The number of aryl methyl sites for hydroxylation is 2. The van der Waals surface area contributed by atoms with Crippen LogP contribution >= 0.6 is 0 Å². The topological polar surface area (TPSA) is 72.8 Å². The van der Waals surface area contributed by atoms with Gasteiger partial charge in [0, 0.05) is 17.8 Å². The van der Waals surface area contributed by atoms with E-state index in [1.165, 1.54) is 0 Å². The highest BCUT2D eigenvalue weighted by molar-refractivity contribution is 5.88. The molecule has 0 aliphatic heterocycles. The van der Waals surface area contributed by atoms with Gasteiger partial charge in [0.05, 0.1) is 18.0 Å². The van der Waals surface area contributed by atoms with Gasteiger partial charge in [-0.2, -0.15) is 10.2 Å². The monoisotopic (exact) mass is 262 g/mol. The van der Waals surface area contributed by atoms with Crippen LogP contribution in [0.15, 0.2) is 6.07 Å². The average Bonchev–Trinajstić information content (AvgIpc) is 2.94. The summed E-state index contributed by atoms with van der Waals surface area (Å²) in [5.41, 5.74) is 3.99. The number of esters is 1. The number of hydrogen-bond donors (Lipinski definition) is 1. The average molecular weight is 262 g/mol. The molecule has 0 spiro atoms. The Labute approximate surface area is 111 Å². The number of nitrogens with zero attached hydrogens (tertiary/aromatic N) is 3. The number of rotatable bonds is 4. The molecule has 2 rings (SSSR count). The molecule has 0 aromatic carbocycles. The van der Waals surface area contributed by atoms with Crippen LogP contribution in [0.5, 0.6) is 0 Å². The van der Waals surface area contributed by atoms with Gasteiger partial charge in [0.2, 0.25) is 0 Å². The summed E-state index contributed by atoms with van der Waals surface area (Å²) >= 11 is 0. The van der Waals surface area contributed by atoms with Gasteiger partial charge in [-0.25, -0.2) is 4.79 Å². The fourth-order valence-corrected chi connectivity index (χ4v) is 2.14. The largest absolute Gasteiger partial charge is 0.461 e. The lowest BCUT2D eigenvalue weighted by molar-refractivity contribution is 0.0519. The Kier molecular flexibility index (Phi) is 3.69. The maximum Gasteiger partial charge on any atom is 0.356 e. The standard InChI is InChI=1S/C13H18N4O2/c1-5-17-9(4)12(8(3)16-17)10-7-11(15-14-10)13(18)19-6-2/h7H,5-6H2,1-4H3,(H,14,15). The van der Waals surface area contributed by atoms with E-state index in [0.717, 1.165) is 29.2 Å². The fourth-order valence-electron chi connectivity index (χ4n) is 2.14. The third-order valence-electron chi connectivity index (χ3n) is 3.01. The van der Waals surface area contributed by atoms with Gasteiger partial charge in [0.15, 0.2) is 0 Å². The first kappa shape index (κ1) is 13.3. The molecule has 6 heteroatoms. The number of ether oxygens (including phenoxy) is 1. The van der Waals surface area contributed by atoms with E-state index in [4.69, 9.17) is 4.74 Å². The molecule has 102 valence electrons. The molecule has 0 saturated heterocycles. The number of nitrogens with one attached hydrogen (secondary N) is 1. The van der Waals surface area contributed by atoms with Crippen molar-refractivity contribution in [2.75, 3.05) is 6.61 Å². The first-order chi connectivity index (χ1) is 9.08. The molecule has 0 unspecified atom stereocenters. The normalized spacial score (nSPS) is 10.7. The van der Waals surface area contributed by atoms with E-state index in [1.54, 1.807) is 13.0 Å². The zero-order valence-corrected chi connectivity index (χ0v) is 11.6. The minimum absolute atomic E-state index is 0.346. The molecule has 0 aliphatic carbocycles. The minimum Gasteiger partial charge on any atom is -0.461 e. The van der Waals surface area contributed by atoms with E-state index in [0.29, 0.717) is 12.3 Å². The van der Waals surface area contributed by atoms with Crippen molar-refractivity contribution < 1.29 is 9.53 Å². The van der Waals surface area contributed by atoms with Crippen LogP contribution in [-0.2, 0) is 11.3 Å². The summed E-state index contributed by atoms with van der Waals surface area (Å²) in [6, 6.07) is 1.70. The third kappa shape index (κ3) is 2.38. The Bertz CT molecular complexity index is 598. The van der Waals surface area contributed by atoms with Gasteiger partial charge in [-0.3, -0.25) is 9.78 Å². The number of H-pyrrole nitrogens is 1. The minimum atomic E-state index is -0.389. The van der Waals surface area contributed by atoms with Crippen LogP contribution in [0.3, 0.4) is 0 Å². The molecular weight excluding hydrogens is 244 g/mol. The summed E-state index contributed by atoms with van der Waals surface area (Å²) in [6.45, 7) is 8.90. The summed E-state index contributed by atoms with van der Waals surface area (Å²) in [4.78, 5) is 11.6. The Balaban J connectivity index is 2.38. The van der Waals surface area contributed by atoms with E-state index < -0.39 is 0 Å². The second-order valence-electron chi connectivity index (χ2n) is 4.25. The zero-order chi connectivity index (χ0) is 14.0. The van der Waals surface area contributed by atoms with Gasteiger partial charge >= 0.3 is 5.97 Å². The summed E-state index contributed by atoms with van der Waals surface area (Å²) in [7, 11) is 0. The fraction of sp³-hybridized carbons (Fsp3) is 0.462. The van der Waals surface area contributed by atoms with Gasteiger partial charge < -0.3 is 4.74 Å². The predicted octanol–water partition coefficient (Wildman–Crippen LogP) is 2.09. The Morgan fingerprint density at radius 3 is 2.74 bits per heavy atom. The highest BCUT2D eigenvalue weighted by atomic mass is 16.5. The molecule has 19 heavy (non-hydrogen) atoms. The molecule has 0 amide bonds. The van der Waals surface area contributed by atoms with Crippen molar-refractivity contribution in [2.45, 2.75) is 34.2 Å². The van der Waals surface area contributed by atoms with Crippen LogP contribution in [0.4, 0.5) is 0 Å². The Morgan fingerprint density at radius 2 is 2.16 bits per heavy atom. The van der Waals surface area contributed by atoms with Crippen molar-refractivity contribution in [3.63, 3.8) is 0 Å². The molecule has 2 aromatic heterocycles. The quantitative estimate of drug-likeness (QED) is 0.856. The van der Waals surface area contributed by atoms with Gasteiger partial charge in [0.25, 0.3) is 0 Å². The lowest BCUT2D eigenvalue weighted by Crippen LogP contribution is -2.04. The second-order valence-corrected chi connectivity index (χ2v) is 4.25. The van der Waals surface area contributed by atoms with Gasteiger partial charge in [-0.05, 0) is 33.8 Å². The predicted molar refractivity (Wildman–Crippen MR) is 70.9 cm³/mol. The maximum absolute atomic E-state index is 11.6. The lowest BCUT2D eigenvalue weighted by Gasteiger charge is -1.99. The van der Waals surface area contributed by atoms with Crippen molar-refractivity contribution in [3.05, 3.63) is 23.1 Å². The molecule has 1 N–H and O–H groups in total. The molecule has 0 fully saturated rings. The van der Waals surface area contributed by atoms with Crippen molar-refractivity contribution in [1.82, 2.24) is 20.0 Å². The Morgan fingerprint density at radius 1 is 1.42 bits per heavy atom. The SMILES string of the molecule is CCOC(=O)c1cc(-c2c(C)nn(CC)c2C)n[nH]1. The number of aromatic amines is 1. The smallest absolute Gasteiger partial charge is 0.356 e. The second kappa shape index (κ2) is 5.26. The molecule has 0 atom stereocenters. The molecule has 0 aliphatic rings. The molecule has 2 aromatic rings. The van der Waals surface area contributed by atoms with Crippen LogP contribution in [0.2, 0.25) is 0 Å². The van der Waals surface area contributed by atoms with Gasteiger partial charge in [-0.1, -0.05) is 0 Å². The summed E-state index contributed by atoms with van der Waals surface area (Å²) < 4.78 is 6.85. The lowest BCUT2D eigenvalue weighted by atomic mass is 10.1. The third-order valence-corrected chi connectivity index (χ3v) is 3.01. The molecule has 0 bridgehead atoms. The Hall–Kier alpha value is -2.11. The molecule has 0 saturated carbocycles. The van der Waals surface area contributed by atoms with Crippen LogP contribution in [-0.4, -0.2) is 32.6 Å². The van der Waals surface area contributed by atoms with Crippen LogP contribution in [0.1, 0.15) is 35.7 Å². The van der Waals surface area contributed by atoms with Crippen LogP contribution in [0, 0.1) is 13.8 Å². The first-order valence-corrected chi connectivity index (χ1v) is 6.35. The maximum atomic E-state index is 11.6. The van der Waals surface area contributed by atoms with Crippen molar-refractivity contribution in [3.8, 4) is 11.3 Å². The number of aromatic nitrogens is 4. The van der Waals surface area contributed by atoms with Crippen molar-refractivity contribution in [1.29, 1.82) is 0 Å². The van der Waals surface area contributed by atoms with E-state index in [9.17, 15) is 4.79 Å².